The highest BCUT2D eigenvalue weighted by atomic mass is 16.6. The fraction of sp³-hybridized carbons (Fsp3) is 0.600. The Balaban J connectivity index is 2.45. The van der Waals surface area contributed by atoms with Crippen LogP contribution in [0.4, 0.5) is 11.4 Å². The van der Waals surface area contributed by atoms with Gasteiger partial charge in [0.1, 0.15) is 5.69 Å². The van der Waals surface area contributed by atoms with Crippen LogP contribution in [-0.2, 0) is 11.3 Å². The lowest BCUT2D eigenvalue weighted by atomic mass is 10.1. The maximum absolute atomic E-state index is 10.8. The highest BCUT2D eigenvalue weighted by Gasteiger charge is 2.14. The molecule has 5 nitrogen and oxygen atoms in total. The number of nitrogen functional groups attached to an aromatic ring is 1. The Morgan fingerprint density at radius 2 is 2.10 bits per heavy atom. The topological polar surface area (TPSA) is 78.4 Å². The number of nitro benzene ring substituents is 1. The number of unbranched alkanes of at least 4 members (excludes halogenated alkanes) is 3. The lowest BCUT2D eigenvalue weighted by molar-refractivity contribution is -0.384. The summed E-state index contributed by atoms with van der Waals surface area (Å²) in [7, 11) is 0. The Hall–Kier alpha value is -1.62. The van der Waals surface area contributed by atoms with Gasteiger partial charge in [-0.05, 0) is 13.3 Å². The van der Waals surface area contributed by atoms with Crippen LogP contribution in [-0.4, -0.2) is 11.0 Å². The monoisotopic (exact) mass is 280 g/mol. The molecular formula is C15H24N2O3. The molecule has 0 aliphatic rings. The predicted molar refractivity (Wildman–Crippen MR) is 80.5 cm³/mol. The third-order valence-corrected chi connectivity index (χ3v) is 3.36. The SMILES string of the molecule is CCCCCCC(C)OCc1cccc([N+](=O)[O-])c1N. The minimum absolute atomic E-state index is 0.0540. The van der Waals surface area contributed by atoms with Gasteiger partial charge in [0.25, 0.3) is 5.69 Å². The van der Waals surface area contributed by atoms with Crippen molar-refractivity contribution in [3.8, 4) is 0 Å². The number of hydrogen-bond donors (Lipinski definition) is 1. The summed E-state index contributed by atoms with van der Waals surface area (Å²) in [5.74, 6) is 0. The molecule has 0 spiro atoms. The Morgan fingerprint density at radius 1 is 1.35 bits per heavy atom. The Bertz CT molecular complexity index is 435. The molecule has 1 aromatic rings. The molecule has 0 aliphatic heterocycles. The van der Waals surface area contributed by atoms with Crippen LogP contribution in [0.5, 0.6) is 0 Å². The number of ether oxygens (including phenoxy) is 1. The molecule has 112 valence electrons. The van der Waals surface area contributed by atoms with Crippen LogP contribution in [0.1, 0.15) is 51.5 Å². The number of nitro groups is 1. The smallest absolute Gasteiger partial charge is 0.292 e. The van der Waals surface area contributed by atoms with Crippen LogP contribution in [0.15, 0.2) is 18.2 Å². The molecular weight excluding hydrogens is 256 g/mol. The van der Waals surface area contributed by atoms with Crippen molar-refractivity contribution in [2.24, 2.45) is 0 Å². The summed E-state index contributed by atoms with van der Waals surface area (Å²) in [6, 6.07) is 4.82. The minimum atomic E-state index is -0.465. The third kappa shape index (κ3) is 5.17. The molecule has 0 aliphatic carbocycles. The first-order valence-corrected chi connectivity index (χ1v) is 7.19. The zero-order valence-corrected chi connectivity index (χ0v) is 12.3. The molecule has 0 aromatic heterocycles. The first kappa shape index (κ1) is 16.4. The molecule has 0 radical (unpaired) electrons. The molecule has 0 bridgehead atoms. The first-order valence-electron chi connectivity index (χ1n) is 7.19. The van der Waals surface area contributed by atoms with E-state index < -0.39 is 4.92 Å². The van der Waals surface area contributed by atoms with E-state index in [0.717, 1.165) is 12.8 Å². The van der Waals surface area contributed by atoms with Crippen LogP contribution < -0.4 is 5.73 Å². The largest absolute Gasteiger partial charge is 0.393 e. The highest BCUT2D eigenvalue weighted by Crippen LogP contribution is 2.25. The van der Waals surface area contributed by atoms with Gasteiger partial charge in [-0.3, -0.25) is 10.1 Å². The third-order valence-electron chi connectivity index (χ3n) is 3.36. The maximum atomic E-state index is 10.8. The van der Waals surface area contributed by atoms with E-state index in [4.69, 9.17) is 10.5 Å². The summed E-state index contributed by atoms with van der Waals surface area (Å²) < 4.78 is 5.72. The molecule has 1 rings (SSSR count). The van der Waals surface area contributed by atoms with Crippen molar-refractivity contribution < 1.29 is 9.66 Å². The molecule has 2 N–H and O–H groups in total. The summed E-state index contributed by atoms with van der Waals surface area (Å²) >= 11 is 0. The van der Waals surface area contributed by atoms with Crippen molar-refractivity contribution in [1.82, 2.24) is 0 Å². The van der Waals surface area contributed by atoms with E-state index in [1.165, 1.54) is 25.3 Å². The van der Waals surface area contributed by atoms with Crippen molar-refractivity contribution in [3.05, 3.63) is 33.9 Å². The summed E-state index contributed by atoms with van der Waals surface area (Å²) in [5, 5.41) is 10.8. The van der Waals surface area contributed by atoms with Crippen LogP contribution in [0.3, 0.4) is 0 Å². The van der Waals surface area contributed by atoms with Gasteiger partial charge in [-0.15, -0.1) is 0 Å². The van der Waals surface area contributed by atoms with E-state index in [9.17, 15) is 10.1 Å². The fourth-order valence-corrected chi connectivity index (χ4v) is 2.06. The second-order valence-electron chi connectivity index (χ2n) is 5.08. The normalized spacial score (nSPS) is 12.3. The van der Waals surface area contributed by atoms with Gasteiger partial charge >= 0.3 is 0 Å². The first-order chi connectivity index (χ1) is 9.56. The van der Waals surface area contributed by atoms with Crippen LogP contribution in [0.2, 0.25) is 0 Å². The summed E-state index contributed by atoms with van der Waals surface area (Å²) in [6.07, 6.45) is 6.01. The molecule has 5 heteroatoms. The molecule has 0 heterocycles. The highest BCUT2D eigenvalue weighted by molar-refractivity contribution is 5.62. The molecule has 1 atom stereocenters. The van der Waals surface area contributed by atoms with Crippen molar-refractivity contribution in [2.75, 3.05) is 5.73 Å². The van der Waals surface area contributed by atoms with Crippen molar-refractivity contribution in [2.45, 2.75) is 58.7 Å². The average Bonchev–Trinajstić information content (AvgIpc) is 2.42. The number of nitrogens with two attached hydrogens (primary N) is 1. The Kier molecular flexibility index (Phi) is 7.01. The Morgan fingerprint density at radius 3 is 2.75 bits per heavy atom. The van der Waals surface area contributed by atoms with Crippen molar-refractivity contribution in [1.29, 1.82) is 0 Å². The van der Waals surface area contributed by atoms with Crippen molar-refractivity contribution >= 4 is 11.4 Å². The minimum Gasteiger partial charge on any atom is -0.393 e. The molecule has 1 aromatic carbocycles. The quantitative estimate of drug-likeness (QED) is 0.320. The molecule has 0 fully saturated rings. The van der Waals surface area contributed by atoms with E-state index in [1.54, 1.807) is 12.1 Å². The zero-order chi connectivity index (χ0) is 15.0. The predicted octanol–water partition coefficient (Wildman–Crippen LogP) is 4.05. The van der Waals surface area contributed by atoms with Crippen molar-refractivity contribution in [3.63, 3.8) is 0 Å². The number of nitrogens with zero attached hydrogens (tertiary/aromatic N) is 1. The van der Waals surface area contributed by atoms with E-state index in [-0.39, 0.29) is 17.5 Å². The second-order valence-corrected chi connectivity index (χ2v) is 5.08. The molecule has 0 saturated carbocycles. The second kappa shape index (κ2) is 8.53. The summed E-state index contributed by atoms with van der Waals surface area (Å²) in [6.45, 7) is 4.53. The van der Waals surface area contributed by atoms with Gasteiger partial charge in [-0.1, -0.05) is 44.7 Å². The van der Waals surface area contributed by atoms with Crippen LogP contribution >= 0.6 is 0 Å². The number of hydrogen-bond acceptors (Lipinski definition) is 4. The maximum Gasteiger partial charge on any atom is 0.292 e. The van der Waals surface area contributed by atoms with E-state index >= 15 is 0 Å². The molecule has 1 unspecified atom stereocenters. The van der Waals surface area contributed by atoms with Gasteiger partial charge in [-0.2, -0.15) is 0 Å². The molecule has 0 saturated heterocycles. The number of benzene rings is 1. The fourth-order valence-electron chi connectivity index (χ4n) is 2.06. The number of anilines is 1. The van der Waals surface area contributed by atoms with Gasteiger partial charge < -0.3 is 10.5 Å². The van der Waals surface area contributed by atoms with Gasteiger partial charge in [0.2, 0.25) is 0 Å². The van der Waals surface area contributed by atoms with Crippen LogP contribution in [0.25, 0.3) is 0 Å². The summed E-state index contributed by atoms with van der Waals surface area (Å²) in [4.78, 5) is 10.3. The average molecular weight is 280 g/mol. The lowest BCUT2D eigenvalue weighted by Crippen LogP contribution is -2.09. The van der Waals surface area contributed by atoms with Crippen LogP contribution in [0, 0.1) is 10.1 Å². The standard InChI is InChI=1S/C15H24N2O3/c1-3-4-5-6-8-12(2)20-11-13-9-7-10-14(15(13)16)17(18)19/h7,9-10,12H,3-6,8,11,16H2,1-2H3. The van der Waals surface area contributed by atoms with Gasteiger partial charge in [-0.25, -0.2) is 0 Å². The number of para-hydroxylation sites is 1. The summed E-state index contributed by atoms with van der Waals surface area (Å²) in [5.41, 5.74) is 6.62. The Labute approximate surface area is 120 Å². The van der Waals surface area contributed by atoms with Gasteiger partial charge in [0.05, 0.1) is 17.6 Å². The number of rotatable bonds is 9. The van der Waals surface area contributed by atoms with Gasteiger partial charge in [0.15, 0.2) is 0 Å². The van der Waals surface area contributed by atoms with E-state index in [2.05, 4.69) is 6.92 Å². The van der Waals surface area contributed by atoms with E-state index in [1.807, 2.05) is 6.92 Å². The zero-order valence-electron chi connectivity index (χ0n) is 12.3. The molecule has 0 amide bonds. The van der Waals surface area contributed by atoms with Gasteiger partial charge in [0, 0.05) is 11.6 Å². The molecule has 20 heavy (non-hydrogen) atoms. The van der Waals surface area contributed by atoms with E-state index in [0.29, 0.717) is 12.2 Å². The lowest BCUT2D eigenvalue weighted by Gasteiger charge is -2.14.